The smallest absolute Gasteiger partial charge is 0.238 e. The molecule has 1 saturated heterocycles. The summed E-state index contributed by atoms with van der Waals surface area (Å²) in [6.45, 7) is 0. The summed E-state index contributed by atoms with van der Waals surface area (Å²) >= 11 is 3.39. The van der Waals surface area contributed by atoms with Gasteiger partial charge in [-0.05, 0) is 54.4 Å². The first-order valence-corrected chi connectivity index (χ1v) is 8.24. The Hall–Kier alpha value is -1.42. The number of amides is 2. The molecule has 5 rings (SSSR count). The van der Waals surface area contributed by atoms with Crippen LogP contribution in [0.2, 0.25) is 0 Å². The van der Waals surface area contributed by atoms with Crippen molar-refractivity contribution in [3.05, 3.63) is 40.9 Å². The van der Waals surface area contributed by atoms with E-state index in [0.29, 0.717) is 17.5 Å². The molecule has 4 atom stereocenters. The summed E-state index contributed by atoms with van der Waals surface area (Å²) in [7, 11) is 0. The lowest BCUT2D eigenvalue weighted by atomic mass is 9.85. The highest BCUT2D eigenvalue weighted by molar-refractivity contribution is 9.10. The van der Waals surface area contributed by atoms with Gasteiger partial charge in [-0.1, -0.05) is 28.1 Å². The Kier molecular flexibility index (Phi) is 2.12. The van der Waals surface area contributed by atoms with Crippen LogP contribution in [-0.2, 0) is 9.59 Å². The predicted octanol–water partition coefficient (Wildman–Crippen LogP) is 3.15. The average molecular weight is 344 g/mol. The van der Waals surface area contributed by atoms with Gasteiger partial charge in [0.25, 0.3) is 0 Å². The quantitative estimate of drug-likeness (QED) is 0.580. The molecule has 2 saturated carbocycles. The molecule has 2 bridgehead atoms. The maximum Gasteiger partial charge on any atom is 0.238 e. The number of carbonyl (C=O) groups is 2. The number of carbonyl (C=O) groups excluding carboxylic acids is 2. The van der Waals surface area contributed by atoms with Crippen LogP contribution in [0.15, 0.2) is 40.9 Å². The van der Waals surface area contributed by atoms with E-state index < -0.39 is 0 Å². The molecule has 1 aromatic rings. The Morgan fingerprint density at radius 1 is 0.952 bits per heavy atom. The second kappa shape index (κ2) is 3.67. The number of nitrogens with zero attached hydrogens (tertiary/aromatic N) is 1. The zero-order chi connectivity index (χ0) is 14.4. The van der Waals surface area contributed by atoms with E-state index in [1.54, 1.807) is 0 Å². The third-order valence-corrected chi connectivity index (χ3v) is 6.47. The van der Waals surface area contributed by atoms with E-state index in [9.17, 15) is 9.59 Å². The zero-order valence-corrected chi connectivity index (χ0v) is 12.9. The molecule has 1 spiro atoms. The monoisotopic (exact) mass is 343 g/mol. The number of hydrogen-bond donors (Lipinski definition) is 0. The van der Waals surface area contributed by atoms with Crippen molar-refractivity contribution in [2.24, 2.45) is 29.1 Å². The fourth-order valence-electron chi connectivity index (χ4n) is 4.92. The third-order valence-electron chi connectivity index (χ3n) is 5.94. The van der Waals surface area contributed by atoms with Crippen molar-refractivity contribution in [1.82, 2.24) is 0 Å². The second-order valence-electron chi connectivity index (χ2n) is 6.71. The molecule has 3 fully saturated rings. The lowest BCUT2D eigenvalue weighted by Crippen LogP contribution is -2.34. The molecular weight excluding hydrogens is 330 g/mol. The largest absolute Gasteiger partial charge is 0.274 e. The van der Waals surface area contributed by atoms with Gasteiger partial charge in [0.15, 0.2) is 0 Å². The number of imide groups is 1. The predicted molar refractivity (Wildman–Crippen MR) is 81.4 cm³/mol. The van der Waals surface area contributed by atoms with Gasteiger partial charge >= 0.3 is 0 Å². The number of rotatable bonds is 1. The summed E-state index contributed by atoms with van der Waals surface area (Å²) in [6, 6.07) is 7.42. The standard InChI is InChI=1S/C17H14BrNO2/c18-9-1-3-10(4-2-9)19-15(20)13-11-5-6-12(14(13)16(19)21)17(11)7-8-17/h1-6,11-14H,7-8H2/t11-,12-,13-,14-/m1/s1. The molecule has 1 aliphatic heterocycles. The molecular formula is C17H14BrNO2. The molecule has 3 nitrogen and oxygen atoms in total. The Balaban J connectivity index is 1.57. The van der Waals surface area contributed by atoms with Gasteiger partial charge in [-0.15, -0.1) is 0 Å². The first-order valence-electron chi connectivity index (χ1n) is 7.45. The maximum absolute atomic E-state index is 12.8. The number of fused-ring (bicyclic) bond motifs is 3. The molecule has 2 amide bonds. The second-order valence-corrected chi connectivity index (χ2v) is 7.63. The van der Waals surface area contributed by atoms with Crippen LogP contribution >= 0.6 is 15.9 Å². The van der Waals surface area contributed by atoms with Gasteiger partial charge in [-0.2, -0.15) is 0 Å². The molecule has 1 aromatic carbocycles. The van der Waals surface area contributed by atoms with Crippen molar-refractivity contribution in [3.63, 3.8) is 0 Å². The van der Waals surface area contributed by atoms with E-state index in [1.165, 1.54) is 17.7 Å². The topological polar surface area (TPSA) is 37.4 Å². The summed E-state index contributed by atoms with van der Waals surface area (Å²) < 4.78 is 0.948. The van der Waals surface area contributed by atoms with Gasteiger partial charge in [0, 0.05) is 4.47 Å². The first-order chi connectivity index (χ1) is 10.1. The van der Waals surface area contributed by atoms with Gasteiger partial charge in [-0.3, -0.25) is 14.5 Å². The molecule has 0 unspecified atom stereocenters. The first kappa shape index (κ1) is 12.2. The van der Waals surface area contributed by atoms with Crippen LogP contribution in [0.5, 0.6) is 0 Å². The maximum atomic E-state index is 12.8. The van der Waals surface area contributed by atoms with Gasteiger partial charge in [0.2, 0.25) is 11.8 Å². The van der Waals surface area contributed by atoms with E-state index in [0.717, 1.165) is 4.47 Å². The summed E-state index contributed by atoms with van der Waals surface area (Å²) in [5.41, 5.74) is 0.971. The summed E-state index contributed by atoms with van der Waals surface area (Å²) in [5, 5.41) is 0. The minimum Gasteiger partial charge on any atom is -0.274 e. The van der Waals surface area contributed by atoms with Crippen molar-refractivity contribution in [3.8, 4) is 0 Å². The van der Waals surface area contributed by atoms with E-state index >= 15 is 0 Å². The normalized spacial score (nSPS) is 37.7. The van der Waals surface area contributed by atoms with E-state index in [-0.39, 0.29) is 29.1 Å². The van der Waals surface area contributed by atoms with Gasteiger partial charge in [0.05, 0.1) is 17.5 Å². The molecule has 21 heavy (non-hydrogen) atoms. The van der Waals surface area contributed by atoms with Gasteiger partial charge < -0.3 is 0 Å². The Labute approximate surface area is 131 Å². The SMILES string of the molecule is O=C1[C@H]2[C@H](C(=O)N1c1ccc(Br)cc1)[C@H]1C=C[C@H]2C12CC2. The van der Waals surface area contributed by atoms with Crippen molar-refractivity contribution in [1.29, 1.82) is 0 Å². The molecule has 106 valence electrons. The van der Waals surface area contributed by atoms with Crippen LogP contribution < -0.4 is 4.90 Å². The molecule has 3 aliphatic carbocycles. The molecule has 0 aromatic heterocycles. The molecule has 0 N–H and O–H groups in total. The highest BCUT2D eigenvalue weighted by atomic mass is 79.9. The third kappa shape index (κ3) is 1.30. The summed E-state index contributed by atoms with van der Waals surface area (Å²) in [5.74, 6) is 0.386. The van der Waals surface area contributed by atoms with Crippen LogP contribution in [0, 0.1) is 29.1 Å². The van der Waals surface area contributed by atoms with Crippen LogP contribution in [0.4, 0.5) is 5.69 Å². The Bertz CT molecular complexity index is 670. The van der Waals surface area contributed by atoms with E-state index in [4.69, 9.17) is 0 Å². The van der Waals surface area contributed by atoms with Crippen molar-refractivity contribution in [2.45, 2.75) is 12.8 Å². The van der Waals surface area contributed by atoms with Crippen LogP contribution in [-0.4, -0.2) is 11.8 Å². The highest BCUT2D eigenvalue weighted by Crippen LogP contribution is 2.73. The number of anilines is 1. The van der Waals surface area contributed by atoms with E-state index in [2.05, 4.69) is 28.1 Å². The molecule has 4 heteroatoms. The fraction of sp³-hybridized carbons (Fsp3) is 0.412. The molecule has 4 aliphatic rings. The Morgan fingerprint density at radius 3 is 1.95 bits per heavy atom. The van der Waals surface area contributed by atoms with Crippen LogP contribution in [0.25, 0.3) is 0 Å². The fourth-order valence-corrected chi connectivity index (χ4v) is 5.19. The average Bonchev–Trinajstić information content (AvgIpc) is 3.07. The zero-order valence-electron chi connectivity index (χ0n) is 11.3. The lowest BCUT2D eigenvalue weighted by Gasteiger charge is -2.21. The highest BCUT2D eigenvalue weighted by Gasteiger charge is 2.73. The summed E-state index contributed by atoms with van der Waals surface area (Å²) in [6.07, 6.45) is 6.77. The van der Waals surface area contributed by atoms with Crippen molar-refractivity contribution < 1.29 is 9.59 Å². The van der Waals surface area contributed by atoms with E-state index in [1.807, 2.05) is 24.3 Å². The lowest BCUT2D eigenvalue weighted by molar-refractivity contribution is -0.123. The van der Waals surface area contributed by atoms with Crippen LogP contribution in [0.1, 0.15) is 12.8 Å². The Morgan fingerprint density at radius 2 is 1.48 bits per heavy atom. The number of hydrogen-bond acceptors (Lipinski definition) is 2. The van der Waals surface area contributed by atoms with Crippen molar-refractivity contribution in [2.75, 3.05) is 4.90 Å². The minimum atomic E-state index is -0.112. The van der Waals surface area contributed by atoms with Crippen molar-refractivity contribution >= 4 is 33.4 Å². The molecule has 0 radical (unpaired) electrons. The van der Waals surface area contributed by atoms with Gasteiger partial charge in [-0.25, -0.2) is 0 Å². The number of halogens is 1. The van der Waals surface area contributed by atoms with Gasteiger partial charge in [0.1, 0.15) is 0 Å². The minimum absolute atomic E-state index is 0.00967. The molecule has 1 heterocycles. The number of allylic oxidation sites excluding steroid dienone is 2. The van der Waals surface area contributed by atoms with Crippen LogP contribution in [0.3, 0.4) is 0 Å². The summed E-state index contributed by atoms with van der Waals surface area (Å²) in [4.78, 5) is 27.1. The number of benzene rings is 1.